The van der Waals surface area contributed by atoms with Gasteiger partial charge in [0.15, 0.2) is 0 Å². The van der Waals surface area contributed by atoms with Gasteiger partial charge in [-0.25, -0.2) is 0 Å². The molecule has 1 N–H and O–H groups in total. The normalized spacial score (nSPS) is 22.5. The first-order valence-corrected chi connectivity index (χ1v) is 4.85. The lowest BCUT2D eigenvalue weighted by molar-refractivity contribution is 0.0713. The number of nitrogens with one attached hydrogen (secondary N) is 1. The smallest absolute Gasteiger partial charge is 0.0345 e. The Hall–Kier alpha value is -0.0800. The molecule has 0 spiro atoms. The lowest BCUT2D eigenvalue weighted by Crippen LogP contribution is -2.59. The van der Waals surface area contributed by atoms with E-state index in [1.54, 1.807) is 0 Å². The fraction of sp³-hybridized carbons (Fsp3) is 1.00. The quantitative estimate of drug-likeness (QED) is 0.672. The van der Waals surface area contributed by atoms with E-state index < -0.39 is 0 Å². The van der Waals surface area contributed by atoms with Crippen LogP contribution in [0.1, 0.15) is 27.7 Å². The van der Waals surface area contributed by atoms with Gasteiger partial charge in [-0.05, 0) is 19.4 Å². The minimum Gasteiger partial charge on any atom is -0.314 e. The van der Waals surface area contributed by atoms with Gasteiger partial charge in [-0.2, -0.15) is 0 Å². The fourth-order valence-electron chi connectivity index (χ4n) is 1.49. The van der Waals surface area contributed by atoms with Crippen molar-refractivity contribution in [2.75, 3.05) is 20.1 Å². The van der Waals surface area contributed by atoms with Gasteiger partial charge in [-0.1, -0.05) is 20.8 Å². The summed E-state index contributed by atoms with van der Waals surface area (Å²) in [6.07, 6.45) is 0. The second-order valence-corrected chi connectivity index (χ2v) is 5.02. The van der Waals surface area contributed by atoms with Gasteiger partial charge in [0, 0.05) is 25.2 Å². The molecule has 1 atom stereocenters. The first-order valence-electron chi connectivity index (χ1n) is 4.85. The van der Waals surface area contributed by atoms with Gasteiger partial charge in [0.05, 0.1) is 0 Å². The van der Waals surface area contributed by atoms with Crippen LogP contribution in [-0.4, -0.2) is 37.1 Å². The van der Waals surface area contributed by atoms with Gasteiger partial charge in [0.2, 0.25) is 0 Å². The SMILES string of the molecule is CC(N(C)C1CNC1)C(C)(C)C. The van der Waals surface area contributed by atoms with Crippen molar-refractivity contribution < 1.29 is 0 Å². The number of likely N-dealkylation sites (N-methyl/N-ethyl adjacent to an activating group) is 1. The van der Waals surface area contributed by atoms with Crippen LogP contribution in [0, 0.1) is 5.41 Å². The van der Waals surface area contributed by atoms with Crippen molar-refractivity contribution >= 4 is 0 Å². The molecule has 1 saturated heterocycles. The lowest BCUT2D eigenvalue weighted by Gasteiger charge is -2.44. The number of nitrogens with zero attached hydrogens (tertiary/aromatic N) is 1. The zero-order chi connectivity index (χ0) is 9.35. The first kappa shape index (κ1) is 10.0. The summed E-state index contributed by atoms with van der Waals surface area (Å²) in [5.41, 5.74) is 0.393. The molecule has 0 aliphatic carbocycles. The molecule has 1 unspecified atom stereocenters. The van der Waals surface area contributed by atoms with E-state index in [0.717, 1.165) is 19.1 Å². The number of hydrogen-bond acceptors (Lipinski definition) is 2. The summed E-state index contributed by atoms with van der Waals surface area (Å²) in [4.78, 5) is 2.50. The summed E-state index contributed by atoms with van der Waals surface area (Å²) in [6.45, 7) is 11.6. The van der Waals surface area contributed by atoms with Crippen LogP contribution in [0.25, 0.3) is 0 Å². The van der Waals surface area contributed by atoms with E-state index in [1.165, 1.54) is 0 Å². The number of hydrogen-bond donors (Lipinski definition) is 1. The van der Waals surface area contributed by atoms with E-state index in [-0.39, 0.29) is 0 Å². The van der Waals surface area contributed by atoms with Crippen molar-refractivity contribution in [3.63, 3.8) is 0 Å². The highest BCUT2D eigenvalue weighted by atomic mass is 15.2. The van der Waals surface area contributed by atoms with E-state index in [0.29, 0.717) is 11.5 Å². The largest absolute Gasteiger partial charge is 0.314 e. The second kappa shape index (κ2) is 3.35. The summed E-state index contributed by atoms with van der Waals surface area (Å²) in [6, 6.07) is 1.42. The third-order valence-electron chi connectivity index (χ3n) is 3.20. The Kier molecular flexibility index (Phi) is 2.79. The highest BCUT2D eigenvalue weighted by molar-refractivity contribution is 4.88. The van der Waals surface area contributed by atoms with Crippen LogP contribution in [0.3, 0.4) is 0 Å². The van der Waals surface area contributed by atoms with Crippen molar-refractivity contribution in [3.05, 3.63) is 0 Å². The molecule has 72 valence electrons. The minimum atomic E-state index is 0.393. The van der Waals surface area contributed by atoms with Crippen LogP contribution >= 0.6 is 0 Å². The predicted molar refractivity (Wildman–Crippen MR) is 53.3 cm³/mol. The Morgan fingerprint density at radius 1 is 1.33 bits per heavy atom. The molecule has 1 fully saturated rings. The zero-order valence-corrected chi connectivity index (χ0v) is 9.02. The van der Waals surface area contributed by atoms with Gasteiger partial charge in [0.1, 0.15) is 0 Å². The van der Waals surface area contributed by atoms with E-state index in [1.807, 2.05) is 0 Å². The van der Waals surface area contributed by atoms with Crippen LogP contribution in [0.2, 0.25) is 0 Å². The predicted octanol–water partition coefficient (Wildman–Crippen LogP) is 1.32. The third-order valence-corrected chi connectivity index (χ3v) is 3.20. The highest BCUT2D eigenvalue weighted by Crippen LogP contribution is 2.24. The van der Waals surface area contributed by atoms with Gasteiger partial charge in [0.25, 0.3) is 0 Å². The van der Waals surface area contributed by atoms with E-state index in [9.17, 15) is 0 Å². The van der Waals surface area contributed by atoms with Crippen LogP contribution in [0.4, 0.5) is 0 Å². The molecule has 0 amide bonds. The monoisotopic (exact) mass is 170 g/mol. The third kappa shape index (κ3) is 1.99. The average Bonchev–Trinajstić information content (AvgIpc) is 1.79. The molecule has 0 aromatic carbocycles. The Bertz CT molecular complexity index is 144. The summed E-state index contributed by atoms with van der Waals surface area (Å²) in [5, 5.41) is 3.31. The average molecular weight is 170 g/mol. The van der Waals surface area contributed by atoms with Gasteiger partial charge < -0.3 is 5.32 Å². The maximum Gasteiger partial charge on any atom is 0.0345 e. The summed E-state index contributed by atoms with van der Waals surface area (Å²) >= 11 is 0. The molecule has 12 heavy (non-hydrogen) atoms. The Balaban J connectivity index is 2.45. The maximum atomic E-state index is 3.31. The van der Waals surface area contributed by atoms with Crippen molar-refractivity contribution in [2.24, 2.45) is 5.41 Å². The summed E-state index contributed by atoms with van der Waals surface area (Å²) in [5.74, 6) is 0. The van der Waals surface area contributed by atoms with Crippen molar-refractivity contribution in [2.45, 2.75) is 39.8 Å². The Morgan fingerprint density at radius 2 is 1.83 bits per heavy atom. The molecule has 0 radical (unpaired) electrons. The highest BCUT2D eigenvalue weighted by Gasteiger charge is 2.30. The van der Waals surface area contributed by atoms with E-state index in [4.69, 9.17) is 0 Å². The molecule has 1 aliphatic rings. The summed E-state index contributed by atoms with van der Waals surface area (Å²) < 4.78 is 0. The Morgan fingerprint density at radius 3 is 2.08 bits per heavy atom. The molecular formula is C10H22N2. The van der Waals surface area contributed by atoms with Gasteiger partial charge >= 0.3 is 0 Å². The van der Waals surface area contributed by atoms with Crippen LogP contribution < -0.4 is 5.32 Å². The first-order chi connectivity index (χ1) is 5.43. The molecule has 1 aliphatic heterocycles. The minimum absolute atomic E-state index is 0.393. The molecule has 2 nitrogen and oxygen atoms in total. The van der Waals surface area contributed by atoms with Gasteiger partial charge in [-0.3, -0.25) is 4.90 Å². The maximum absolute atomic E-state index is 3.31. The van der Waals surface area contributed by atoms with Crippen LogP contribution in [0.15, 0.2) is 0 Å². The molecule has 2 heteroatoms. The topological polar surface area (TPSA) is 15.3 Å². The lowest BCUT2D eigenvalue weighted by atomic mass is 9.86. The molecule has 1 heterocycles. The van der Waals surface area contributed by atoms with Crippen LogP contribution in [-0.2, 0) is 0 Å². The molecule has 0 aromatic rings. The van der Waals surface area contributed by atoms with Crippen molar-refractivity contribution in [1.29, 1.82) is 0 Å². The molecule has 0 bridgehead atoms. The standard InChI is InChI=1S/C10H22N2/c1-8(10(2,3)4)12(5)9-6-11-7-9/h8-9,11H,6-7H2,1-5H3. The Labute approximate surface area is 76.3 Å². The fourth-order valence-corrected chi connectivity index (χ4v) is 1.49. The van der Waals surface area contributed by atoms with E-state index >= 15 is 0 Å². The molecule has 0 saturated carbocycles. The molecular weight excluding hydrogens is 148 g/mol. The summed E-state index contributed by atoms with van der Waals surface area (Å²) in [7, 11) is 2.24. The van der Waals surface area contributed by atoms with Crippen molar-refractivity contribution in [3.8, 4) is 0 Å². The zero-order valence-electron chi connectivity index (χ0n) is 9.02. The number of rotatable bonds is 2. The van der Waals surface area contributed by atoms with Gasteiger partial charge in [-0.15, -0.1) is 0 Å². The van der Waals surface area contributed by atoms with E-state index in [2.05, 4.69) is 45.0 Å². The molecule has 0 aromatic heterocycles. The van der Waals surface area contributed by atoms with Crippen molar-refractivity contribution in [1.82, 2.24) is 10.2 Å². The van der Waals surface area contributed by atoms with Crippen LogP contribution in [0.5, 0.6) is 0 Å². The second-order valence-electron chi connectivity index (χ2n) is 5.02. The molecule has 1 rings (SSSR count).